The topological polar surface area (TPSA) is 20.3 Å². The van der Waals surface area contributed by atoms with E-state index in [1.807, 2.05) is 17.0 Å². The third-order valence-corrected chi connectivity index (χ3v) is 3.88. The van der Waals surface area contributed by atoms with Crippen molar-refractivity contribution in [3.63, 3.8) is 0 Å². The first-order chi connectivity index (χ1) is 8.08. The van der Waals surface area contributed by atoms with Gasteiger partial charge in [0.2, 0.25) is 7.85 Å². The van der Waals surface area contributed by atoms with E-state index < -0.39 is 0 Å². The molecule has 0 unspecified atom stereocenters. The second-order valence-corrected chi connectivity index (χ2v) is 5.21. The predicted octanol–water partition coefficient (Wildman–Crippen LogP) is 2.58. The summed E-state index contributed by atoms with van der Waals surface area (Å²) in [7, 11) is 1.64. The summed E-state index contributed by atoms with van der Waals surface area (Å²) in [6.45, 7) is 3.79. The van der Waals surface area contributed by atoms with E-state index in [0.29, 0.717) is 5.92 Å². The van der Waals surface area contributed by atoms with E-state index in [2.05, 4.69) is 13.0 Å². The molecule has 90 valence electrons. The second-order valence-electron chi connectivity index (χ2n) is 4.81. The molecule has 0 aromatic heterocycles. The Morgan fingerprint density at radius 3 is 2.65 bits per heavy atom. The predicted molar refractivity (Wildman–Crippen MR) is 73.7 cm³/mol. The van der Waals surface area contributed by atoms with Gasteiger partial charge in [-0.2, -0.15) is 0 Å². The van der Waals surface area contributed by atoms with Gasteiger partial charge in [0.25, 0.3) is 0 Å². The molecule has 0 atom stereocenters. The van der Waals surface area contributed by atoms with Gasteiger partial charge in [-0.25, -0.2) is 0 Å². The van der Waals surface area contributed by atoms with Gasteiger partial charge in [-0.15, -0.1) is 0 Å². The number of benzene rings is 1. The van der Waals surface area contributed by atoms with Gasteiger partial charge in [0.1, 0.15) is 0 Å². The highest BCUT2D eigenvalue weighted by Gasteiger charge is 2.23. The average Bonchev–Trinajstić information content (AvgIpc) is 2.32. The lowest BCUT2D eigenvalue weighted by molar-refractivity contribution is 0.204. The zero-order valence-corrected chi connectivity index (χ0v) is 11.1. The van der Waals surface area contributed by atoms with E-state index in [9.17, 15) is 4.79 Å². The van der Waals surface area contributed by atoms with Gasteiger partial charge in [-0.05, 0) is 37.3 Å². The molecule has 1 aliphatic rings. The highest BCUT2D eigenvalue weighted by Crippen LogP contribution is 2.33. The minimum Gasteiger partial charge on any atom is -0.352 e. The van der Waals surface area contributed by atoms with Crippen LogP contribution in [0, 0.1) is 6.92 Å². The minimum atomic E-state index is 0.179. The quantitative estimate of drug-likeness (QED) is 0.701. The van der Waals surface area contributed by atoms with E-state index in [1.165, 1.54) is 11.1 Å². The molecule has 1 aromatic carbocycles. The van der Waals surface area contributed by atoms with Crippen LogP contribution in [0.15, 0.2) is 18.2 Å². The molecular weight excluding hydrogens is 232 g/mol. The van der Waals surface area contributed by atoms with E-state index in [-0.39, 0.29) is 5.81 Å². The van der Waals surface area contributed by atoms with Crippen molar-refractivity contribution in [1.82, 2.24) is 4.90 Å². The van der Waals surface area contributed by atoms with Gasteiger partial charge in [-0.1, -0.05) is 29.3 Å². The molecule has 0 N–H and O–H groups in total. The van der Waals surface area contributed by atoms with Gasteiger partial charge in [-0.3, -0.25) is 4.79 Å². The summed E-state index contributed by atoms with van der Waals surface area (Å²) in [5.41, 5.74) is 2.49. The summed E-state index contributed by atoms with van der Waals surface area (Å²) >= 11 is 6.25. The Balaban J connectivity index is 2.10. The number of carbonyl (C=O) groups is 1. The summed E-state index contributed by atoms with van der Waals surface area (Å²) in [4.78, 5) is 13.2. The monoisotopic (exact) mass is 249 g/mol. The first-order valence-electron chi connectivity index (χ1n) is 6.09. The van der Waals surface area contributed by atoms with E-state index in [1.54, 1.807) is 7.85 Å². The number of nitrogens with zero attached hydrogens (tertiary/aromatic N) is 1. The first-order valence-corrected chi connectivity index (χ1v) is 6.47. The van der Waals surface area contributed by atoms with Crippen LogP contribution in [-0.4, -0.2) is 31.6 Å². The summed E-state index contributed by atoms with van der Waals surface area (Å²) in [5.74, 6) is 0.678. The van der Waals surface area contributed by atoms with Crippen molar-refractivity contribution in [2.75, 3.05) is 13.1 Å². The Morgan fingerprint density at radius 1 is 1.41 bits per heavy atom. The highest BCUT2D eigenvalue weighted by molar-refractivity contribution is 6.56. The minimum absolute atomic E-state index is 0.179. The van der Waals surface area contributed by atoms with E-state index in [4.69, 9.17) is 11.6 Å². The summed E-state index contributed by atoms with van der Waals surface area (Å²) in [6.07, 6.45) is 2.03. The SMILES string of the molecule is BC(=O)N1CCC(c2cc(C)ccc2Cl)CC1. The standard InChI is InChI=1S/C13H17BClNO/c1-9-2-3-12(15)11(8-9)10-4-6-16(7-5-10)13(14)17/h2-3,8,10H,4-7,14H2,1H3. The van der Waals surface area contributed by atoms with Crippen molar-refractivity contribution in [2.45, 2.75) is 25.7 Å². The second kappa shape index (κ2) is 5.13. The van der Waals surface area contributed by atoms with Gasteiger partial charge in [0, 0.05) is 18.1 Å². The number of carbonyl (C=O) groups excluding carboxylic acids is 1. The maximum absolute atomic E-state index is 11.3. The molecule has 1 amide bonds. The van der Waals surface area contributed by atoms with Crippen molar-refractivity contribution in [2.24, 2.45) is 0 Å². The molecule has 4 heteroatoms. The van der Waals surface area contributed by atoms with Crippen molar-refractivity contribution in [3.8, 4) is 0 Å². The van der Waals surface area contributed by atoms with Gasteiger partial charge >= 0.3 is 0 Å². The normalized spacial score (nSPS) is 17.2. The van der Waals surface area contributed by atoms with Gasteiger partial charge in [0.15, 0.2) is 5.81 Å². The van der Waals surface area contributed by atoms with Crippen molar-refractivity contribution < 1.29 is 4.79 Å². The molecule has 0 bridgehead atoms. The number of hydrogen-bond acceptors (Lipinski definition) is 1. The van der Waals surface area contributed by atoms with Crippen LogP contribution in [0.25, 0.3) is 0 Å². The molecule has 1 heterocycles. The highest BCUT2D eigenvalue weighted by atomic mass is 35.5. The summed E-state index contributed by atoms with van der Waals surface area (Å²) < 4.78 is 0. The third-order valence-electron chi connectivity index (χ3n) is 3.53. The molecule has 0 saturated carbocycles. The molecule has 0 aliphatic carbocycles. The fraction of sp³-hybridized carbons (Fsp3) is 0.462. The number of amides is 1. The molecule has 1 aliphatic heterocycles. The lowest BCUT2D eigenvalue weighted by atomic mass is 9.88. The van der Waals surface area contributed by atoms with Crippen LogP contribution in [0.1, 0.15) is 29.9 Å². The number of likely N-dealkylation sites (tertiary alicyclic amines) is 1. The maximum Gasteiger partial charge on any atom is 0.215 e. The Bertz CT molecular complexity index is 427. The Hall–Kier alpha value is -0.955. The van der Waals surface area contributed by atoms with Crippen LogP contribution in [0.5, 0.6) is 0 Å². The van der Waals surface area contributed by atoms with Crippen molar-refractivity contribution in [1.29, 1.82) is 0 Å². The first kappa shape index (κ1) is 12.5. The number of halogens is 1. The van der Waals surface area contributed by atoms with Crippen LogP contribution in [0.4, 0.5) is 4.79 Å². The number of aryl methyl sites for hydroxylation is 1. The number of piperidine rings is 1. The van der Waals surface area contributed by atoms with Crippen molar-refractivity contribution >= 4 is 25.3 Å². The fourth-order valence-corrected chi connectivity index (χ4v) is 2.75. The smallest absolute Gasteiger partial charge is 0.215 e. The summed E-state index contributed by atoms with van der Waals surface area (Å²) in [5, 5.41) is 0.858. The Morgan fingerprint density at radius 2 is 2.06 bits per heavy atom. The fourth-order valence-electron chi connectivity index (χ4n) is 2.48. The number of hydrogen-bond donors (Lipinski definition) is 0. The van der Waals surface area contributed by atoms with Gasteiger partial charge < -0.3 is 4.90 Å². The van der Waals surface area contributed by atoms with Crippen LogP contribution >= 0.6 is 11.6 Å². The third kappa shape index (κ3) is 2.84. The van der Waals surface area contributed by atoms with E-state index >= 15 is 0 Å². The molecule has 0 spiro atoms. The zero-order chi connectivity index (χ0) is 12.4. The maximum atomic E-state index is 11.3. The average molecular weight is 250 g/mol. The molecule has 17 heavy (non-hydrogen) atoms. The lowest BCUT2D eigenvalue weighted by Gasteiger charge is -2.32. The van der Waals surface area contributed by atoms with Gasteiger partial charge in [0.05, 0.1) is 0 Å². The molecule has 2 rings (SSSR count). The Labute approximate surface area is 108 Å². The zero-order valence-electron chi connectivity index (χ0n) is 10.4. The number of rotatable bonds is 1. The summed E-state index contributed by atoms with van der Waals surface area (Å²) in [6, 6.07) is 6.19. The molecule has 1 saturated heterocycles. The lowest BCUT2D eigenvalue weighted by Crippen LogP contribution is -2.37. The molecular formula is C13H17BClNO. The van der Waals surface area contributed by atoms with Crippen LogP contribution < -0.4 is 0 Å². The Kier molecular flexibility index (Phi) is 3.77. The van der Waals surface area contributed by atoms with Crippen molar-refractivity contribution in [3.05, 3.63) is 34.3 Å². The molecule has 0 radical (unpaired) electrons. The van der Waals surface area contributed by atoms with E-state index in [0.717, 1.165) is 31.0 Å². The van der Waals surface area contributed by atoms with Crippen LogP contribution in [0.2, 0.25) is 5.02 Å². The molecule has 2 nitrogen and oxygen atoms in total. The largest absolute Gasteiger partial charge is 0.352 e. The van der Waals surface area contributed by atoms with Crippen LogP contribution in [0.3, 0.4) is 0 Å². The van der Waals surface area contributed by atoms with Crippen LogP contribution in [-0.2, 0) is 0 Å². The molecule has 1 aromatic rings. The molecule has 1 fully saturated rings.